The average Bonchev–Trinajstić information content (AvgIpc) is 2.57. The summed E-state index contributed by atoms with van der Waals surface area (Å²) in [4.78, 5) is 34.1. The maximum atomic E-state index is 12.0. The van der Waals surface area contributed by atoms with Gasteiger partial charge in [0.2, 0.25) is 0 Å². The van der Waals surface area contributed by atoms with Gasteiger partial charge in [-0.05, 0) is 37.1 Å². The van der Waals surface area contributed by atoms with Crippen LogP contribution in [0.25, 0.3) is 0 Å². The Morgan fingerprint density at radius 2 is 1.96 bits per heavy atom. The maximum absolute atomic E-state index is 12.0. The summed E-state index contributed by atoms with van der Waals surface area (Å²) in [5.74, 6) is -1.43. The van der Waals surface area contributed by atoms with Crippen molar-refractivity contribution in [3.05, 3.63) is 63.2 Å². The molecule has 0 unspecified atom stereocenters. The Balaban J connectivity index is 2.02. The first-order valence-corrected chi connectivity index (χ1v) is 7.36. The summed E-state index contributed by atoms with van der Waals surface area (Å²) in [5, 5.41) is 13.4. The summed E-state index contributed by atoms with van der Waals surface area (Å²) in [6, 6.07) is 8.88. The standard InChI is InChI=1S/C17H17N3O5/c1-10-4-3-5-15(11(10)2)19-16(21)9-25-17(22)13-8-12(20(23)24)6-7-14(13)18/h3-8H,9,18H2,1-2H3,(H,19,21). The second kappa shape index (κ2) is 7.43. The van der Waals surface area contributed by atoms with Gasteiger partial charge in [-0.25, -0.2) is 4.79 Å². The fourth-order valence-corrected chi connectivity index (χ4v) is 2.12. The monoisotopic (exact) mass is 343 g/mol. The van der Waals surface area contributed by atoms with Crippen molar-refractivity contribution < 1.29 is 19.2 Å². The van der Waals surface area contributed by atoms with Gasteiger partial charge in [0.25, 0.3) is 11.6 Å². The van der Waals surface area contributed by atoms with Crippen LogP contribution in [0.4, 0.5) is 17.1 Å². The number of amides is 1. The predicted octanol–water partition coefficient (Wildman–Crippen LogP) is 2.59. The lowest BCUT2D eigenvalue weighted by Gasteiger charge is -2.11. The molecule has 2 rings (SSSR count). The number of hydrogen-bond acceptors (Lipinski definition) is 6. The van der Waals surface area contributed by atoms with Gasteiger partial charge in [-0.3, -0.25) is 14.9 Å². The van der Waals surface area contributed by atoms with Crippen molar-refractivity contribution in [2.45, 2.75) is 13.8 Å². The van der Waals surface area contributed by atoms with E-state index < -0.39 is 23.4 Å². The van der Waals surface area contributed by atoms with Crippen LogP contribution in [0.5, 0.6) is 0 Å². The molecule has 0 saturated heterocycles. The van der Waals surface area contributed by atoms with E-state index in [1.165, 1.54) is 12.1 Å². The second-order valence-electron chi connectivity index (χ2n) is 5.40. The highest BCUT2D eigenvalue weighted by Crippen LogP contribution is 2.21. The van der Waals surface area contributed by atoms with Crippen molar-refractivity contribution in [2.24, 2.45) is 0 Å². The third-order valence-corrected chi connectivity index (χ3v) is 3.68. The number of aryl methyl sites for hydroxylation is 1. The summed E-state index contributed by atoms with van der Waals surface area (Å²) in [6.07, 6.45) is 0. The molecule has 0 fully saturated rings. The minimum atomic E-state index is -0.905. The van der Waals surface area contributed by atoms with Crippen LogP contribution in [0.2, 0.25) is 0 Å². The minimum Gasteiger partial charge on any atom is -0.452 e. The number of nitro groups is 1. The van der Waals surface area contributed by atoms with E-state index in [9.17, 15) is 19.7 Å². The van der Waals surface area contributed by atoms with Crippen LogP contribution >= 0.6 is 0 Å². The van der Waals surface area contributed by atoms with Gasteiger partial charge in [-0.1, -0.05) is 12.1 Å². The van der Waals surface area contributed by atoms with Crippen LogP contribution < -0.4 is 11.1 Å². The zero-order chi connectivity index (χ0) is 18.6. The lowest BCUT2D eigenvalue weighted by atomic mass is 10.1. The number of nitro benzene ring substituents is 1. The van der Waals surface area contributed by atoms with Gasteiger partial charge < -0.3 is 15.8 Å². The molecule has 130 valence electrons. The molecule has 3 N–H and O–H groups in total. The summed E-state index contributed by atoms with van der Waals surface area (Å²) in [7, 11) is 0. The smallest absolute Gasteiger partial charge is 0.341 e. The lowest BCUT2D eigenvalue weighted by Crippen LogP contribution is -2.22. The van der Waals surface area contributed by atoms with Crippen molar-refractivity contribution in [1.82, 2.24) is 0 Å². The Morgan fingerprint density at radius 3 is 2.64 bits per heavy atom. The van der Waals surface area contributed by atoms with Crippen molar-refractivity contribution in [3.8, 4) is 0 Å². The van der Waals surface area contributed by atoms with E-state index in [2.05, 4.69) is 5.32 Å². The van der Waals surface area contributed by atoms with Gasteiger partial charge in [-0.2, -0.15) is 0 Å². The Kier molecular flexibility index (Phi) is 5.33. The van der Waals surface area contributed by atoms with Crippen LogP contribution in [0.3, 0.4) is 0 Å². The first-order valence-electron chi connectivity index (χ1n) is 7.36. The Morgan fingerprint density at radius 1 is 1.24 bits per heavy atom. The number of nitrogens with zero attached hydrogens (tertiary/aromatic N) is 1. The first kappa shape index (κ1) is 17.9. The number of nitrogen functional groups attached to an aromatic ring is 1. The van der Waals surface area contributed by atoms with Gasteiger partial charge in [0.15, 0.2) is 6.61 Å². The largest absolute Gasteiger partial charge is 0.452 e. The van der Waals surface area contributed by atoms with Crippen molar-refractivity contribution in [1.29, 1.82) is 0 Å². The van der Waals surface area contributed by atoms with Crippen molar-refractivity contribution in [3.63, 3.8) is 0 Å². The topological polar surface area (TPSA) is 125 Å². The fourth-order valence-electron chi connectivity index (χ4n) is 2.12. The third-order valence-electron chi connectivity index (χ3n) is 3.68. The molecule has 0 spiro atoms. The van der Waals surface area contributed by atoms with Gasteiger partial charge in [-0.15, -0.1) is 0 Å². The molecule has 0 aliphatic rings. The summed E-state index contributed by atoms with van der Waals surface area (Å²) < 4.78 is 4.89. The summed E-state index contributed by atoms with van der Waals surface area (Å²) in [6.45, 7) is 3.24. The molecule has 2 aromatic carbocycles. The van der Waals surface area contributed by atoms with E-state index in [0.717, 1.165) is 17.2 Å². The summed E-state index contributed by atoms with van der Waals surface area (Å²) in [5.41, 5.74) is 7.76. The molecule has 0 heterocycles. The van der Waals surface area contributed by atoms with Crippen LogP contribution in [0.15, 0.2) is 36.4 Å². The molecule has 25 heavy (non-hydrogen) atoms. The SMILES string of the molecule is Cc1cccc(NC(=O)COC(=O)c2cc([N+](=O)[O-])ccc2N)c1C. The Bertz CT molecular complexity index is 848. The summed E-state index contributed by atoms with van der Waals surface area (Å²) >= 11 is 0. The molecule has 0 aliphatic carbocycles. The Labute approximate surface area is 143 Å². The number of anilines is 2. The first-order chi connectivity index (χ1) is 11.8. The molecule has 8 heteroatoms. The van der Waals surface area contributed by atoms with Crippen LogP contribution in [-0.2, 0) is 9.53 Å². The molecular weight excluding hydrogens is 326 g/mol. The van der Waals surface area contributed by atoms with E-state index in [1.807, 2.05) is 19.9 Å². The molecular formula is C17H17N3O5. The number of nitrogens with one attached hydrogen (secondary N) is 1. The number of hydrogen-bond donors (Lipinski definition) is 2. The second-order valence-corrected chi connectivity index (χ2v) is 5.40. The molecule has 0 bridgehead atoms. The van der Waals surface area contributed by atoms with Gasteiger partial charge in [0, 0.05) is 23.5 Å². The van der Waals surface area contributed by atoms with Crippen molar-refractivity contribution in [2.75, 3.05) is 17.7 Å². The quantitative estimate of drug-likeness (QED) is 0.372. The molecule has 8 nitrogen and oxygen atoms in total. The number of benzene rings is 2. The van der Waals surface area contributed by atoms with Gasteiger partial charge in [0.1, 0.15) is 0 Å². The van der Waals surface area contributed by atoms with Crippen LogP contribution in [-0.4, -0.2) is 23.4 Å². The highest BCUT2D eigenvalue weighted by molar-refractivity contribution is 5.98. The molecule has 0 saturated carbocycles. The van der Waals surface area contributed by atoms with Crippen LogP contribution in [0, 0.1) is 24.0 Å². The molecule has 1 amide bonds. The lowest BCUT2D eigenvalue weighted by molar-refractivity contribution is -0.384. The normalized spacial score (nSPS) is 10.2. The zero-order valence-corrected chi connectivity index (χ0v) is 13.7. The van der Waals surface area contributed by atoms with E-state index in [1.54, 1.807) is 12.1 Å². The fraction of sp³-hybridized carbons (Fsp3) is 0.176. The molecule has 0 aliphatic heterocycles. The average molecular weight is 343 g/mol. The number of ether oxygens (including phenoxy) is 1. The molecule has 0 atom stereocenters. The van der Waals surface area contributed by atoms with E-state index in [0.29, 0.717) is 5.69 Å². The van der Waals surface area contributed by atoms with Gasteiger partial charge in [0.05, 0.1) is 10.5 Å². The molecule has 0 radical (unpaired) electrons. The zero-order valence-electron chi connectivity index (χ0n) is 13.7. The maximum Gasteiger partial charge on any atom is 0.341 e. The number of carbonyl (C=O) groups excluding carboxylic acids is 2. The van der Waals surface area contributed by atoms with Crippen LogP contribution in [0.1, 0.15) is 21.5 Å². The minimum absolute atomic E-state index is 0.0329. The van der Waals surface area contributed by atoms with Crippen molar-refractivity contribution >= 4 is 28.9 Å². The number of nitrogens with two attached hydrogens (primary N) is 1. The number of esters is 1. The van der Waals surface area contributed by atoms with E-state index in [4.69, 9.17) is 10.5 Å². The predicted molar refractivity (Wildman–Crippen MR) is 92.3 cm³/mol. The number of carbonyl (C=O) groups is 2. The Hall–Kier alpha value is -3.42. The van der Waals surface area contributed by atoms with E-state index >= 15 is 0 Å². The van der Waals surface area contributed by atoms with E-state index in [-0.39, 0.29) is 16.9 Å². The molecule has 0 aromatic heterocycles. The highest BCUT2D eigenvalue weighted by Gasteiger charge is 2.18. The highest BCUT2D eigenvalue weighted by atomic mass is 16.6. The molecule has 2 aromatic rings. The number of non-ortho nitro benzene ring substituents is 1. The third kappa shape index (κ3) is 4.31. The van der Waals surface area contributed by atoms with Gasteiger partial charge >= 0.3 is 5.97 Å². The number of rotatable bonds is 5.